The van der Waals surface area contributed by atoms with Gasteiger partial charge in [0.05, 0.1) is 6.61 Å². The first-order chi connectivity index (χ1) is 9.61. The van der Waals surface area contributed by atoms with Crippen molar-refractivity contribution in [3.05, 3.63) is 5.69 Å². The SMILES string of the molecule is CCOC(=O)c1nnn(CC(=O)OC2CCCC2)c1N. The molecule has 2 rings (SSSR count). The lowest BCUT2D eigenvalue weighted by atomic mass is 10.3. The molecule has 0 spiro atoms. The maximum Gasteiger partial charge on any atom is 0.362 e. The van der Waals surface area contributed by atoms with Crippen molar-refractivity contribution in [3.8, 4) is 0 Å². The maximum absolute atomic E-state index is 11.7. The van der Waals surface area contributed by atoms with E-state index in [2.05, 4.69) is 10.3 Å². The highest BCUT2D eigenvalue weighted by Crippen LogP contribution is 2.21. The molecule has 1 saturated carbocycles. The first-order valence-corrected chi connectivity index (χ1v) is 6.67. The molecular formula is C12H18N4O4. The molecule has 0 amide bonds. The van der Waals surface area contributed by atoms with Gasteiger partial charge in [-0.2, -0.15) is 0 Å². The summed E-state index contributed by atoms with van der Waals surface area (Å²) >= 11 is 0. The Labute approximate surface area is 116 Å². The second kappa shape index (κ2) is 6.36. The van der Waals surface area contributed by atoms with E-state index in [0.717, 1.165) is 30.4 Å². The van der Waals surface area contributed by atoms with Gasteiger partial charge < -0.3 is 15.2 Å². The monoisotopic (exact) mass is 282 g/mol. The quantitative estimate of drug-likeness (QED) is 0.784. The molecule has 8 nitrogen and oxygen atoms in total. The van der Waals surface area contributed by atoms with Crippen LogP contribution in [0.5, 0.6) is 0 Å². The van der Waals surface area contributed by atoms with E-state index in [9.17, 15) is 9.59 Å². The van der Waals surface area contributed by atoms with Crippen LogP contribution in [0.4, 0.5) is 5.82 Å². The van der Waals surface area contributed by atoms with Crippen molar-refractivity contribution in [1.29, 1.82) is 0 Å². The number of anilines is 1. The minimum atomic E-state index is -0.652. The van der Waals surface area contributed by atoms with E-state index in [1.54, 1.807) is 6.92 Å². The average Bonchev–Trinajstić information content (AvgIpc) is 3.01. The number of nitrogens with zero attached hydrogens (tertiary/aromatic N) is 3. The zero-order chi connectivity index (χ0) is 14.5. The van der Waals surface area contributed by atoms with Crippen LogP contribution in [0.2, 0.25) is 0 Å². The molecular weight excluding hydrogens is 264 g/mol. The molecule has 8 heteroatoms. The molecule has 1 fully saturated rings. The van der Waals surface area contributed by atoms with E-state index in [4.69, 9.17) is 15.2 Å². The largest absolute Gasteiger partial charge is 0.461 e. The summed E-state index contributed by atoms with van der Waals surface area (Å²) in [7, 11) is 0. The zero-order valence-corrected chi connectivity index (χ0v) is 11.4. The Morgan fingerprint density at radius 2 is 2.10 bits per heavy atom. The van der Waals surface area contributed by atoms with Crippen LogP contribution in [0.3, 0.4) is 0 Å². The van der Waals surface area contributed by atoms with Gasteiger partial charge in [0.1, 0.15) is 12.6 Å². The van der Waals surface area contributed by atoms with Crippen LogP contribution < -0.4 is 5.73 Å². The van der Waals surface area contributed by atoms with Crippen molar-refractivity contribution < 1.29 is 19.1 Å². The summed E-state index contributed by atoms with van der Waals surface area (Å²) in [4.78, 5) is 23.3. The fraction of sp³-hybridized carbons (Fsp3) is 0.667. The minimum absolute atomic E-state index is 0.00632. The first kappa shape index (κ1) is 14.3. The van der Waals surface area contributed by atoms with Gasteiger partial charge in [0.15, 0.2) is 5.82 Å². The van der Waals surface area contributed by atoms with Crippen LogP contribution in [-0.4, -0.2) is 39.6 Å². The summed E-state index contributed by atoms with van der Waals surface area (Å²) in [6, 6.07) is 0. The number of carbonyl (C=O) groups is 2. The predicted molar refractivity (Wildman–Crippen MR) is 68.7 cm³/mol. The summed E-state index contributed by atoms with van der Waals surface area (Å²) in [5.41, 5.74) is 5.64. The molecule has 0 radical (unpaired) electrons. The molecule has 20 heavy (non-hydrogen) atoms. The van der Waals surface area contributed by atoms with Crippen molar-refractivity contribution in [2.24, 2.45) is 0 Å². The standard InChI is InChI=1S/C12H18N4O4/c1-2-19-12(18)10-11(13)16(15-14-10)7-9(17)20-8-5-3-4-6-8/h8H,2-7,13H2,1H3. The number of hydrogen-bond acceptors (Lipinski definition) is 7. The number of ether oxygens (including phenoxy) is 2. The lowest BCUT2D eigenvalue weighted by Crippen LogP contribution is -2.21. The molecule has 1 aromatic rings. The van der Waals surface area contributed by atoms with Crippen LogP contribution in [-0.2, 0) is 20.8 Å². The first-order valence-electron chi connectivity index (χ1n) is 6.67. The lowest BCUT2D eigenvalue weighted by Gasteiger charge is -2.11. The number of esters is 2. The molecule has 0 aliphatic heterocycles. The minimum Gasteiger partial charge on any atom is -0.461 e. The summed E-state index contributed by atoms with van der Waals surface area (Å²) in [6.45, 7) is 1.74. The average molecular weight is 282 g/mol. The van der Waals surface area contributed by atoms with E-state index in [0.29, 0.717) is 0 Å². The highest BCUT2D eigenvalue weighted by atomic mass is 16.5. The molecule has 110 valence electrons. The Morgan fingerprint density at radius 3 is 2.75 bits per heavy atom. The fourth-order valence-corrected chi connectivity index (χ4v) is 2.13. The van der Waals surface area contributed by atoms with Gasteiger partial charge in [0.25, 0.3) is 0 Å². The summed E-state index contributed by atoms with van der Waals surface area (Å²) in [5.74, 6) is -1.07. The third kappa shape index (κ3) is 3.25. The second-order valence-corrected chi connectivity index (χ2v) is 4.60. The number of nitrogens with two attached hydrogens (primary N) is 1. The van der Waals surface area contributed by atoms with Gasteiger partial charge in [0, 0.05) is 0 Å². The van der Waals surface area contributed by atoms with Crippen LogP contribution in [0.25, 0.3) is 0 Å². The zero-order valence-electron chi connectivity index (χ0n) is 11.4. The van der Waals surface area contributed by atoms with Gasteiger partial charge in [-0.1, -0.05) is 5.21 Å². The number of aromatic nitrogens is 3. The predicted octanol–water partition coefficient (Wildman–Crippen LogP) is 0.523. The van der Waals surface area contributed by atoms with E-state index < -0.39 is 11.9 Å². The molecule has 1 aliphatic rings. The van der Waals surface area contributed by atoms with E-state index in [1.807, 2.05) is 0 Å². The number of hydrogen-bond donors (Lipinski definition) is 1. The Bertz CT molecular complexity index is 494. The summed E-state index contributed by atoms with van der Waals surface area (Å²) < 4.78 is 11.2. The van der Waals surface area contributed by atoms with Gasteiger partial charge >= 0.3 is 11.9 Å². The maximum atomic E-state index is 11.7. The van der Waals surface area contributed by atoms with E-state index >= 15 is 0 Å². The number of nitrogen functional groups attached to an aromatic ring is 1. The Kier molecular flexibility index (Phi) is 4.54. The molecule has 0 bridgehead atoms. The van der Waals surface area contributed by atoms with Crippen LogP contribution in [0.15, 0.2) is 0 Å². The molecule has 1 aromatic heterocycles. The Morgan fingerprint density at radius 1 is 1.40 bits per heavy atom. The smallest absolute Gasteiger partial charge is 0.362 e. The molecule has 0 aromatic carbocycles. The van der Waals surface area contributed by atoms with Crippen LogP contribution in [0.1, 0.15) is 43.1 Å². The normalized spacial score (nSPS) is 15.2. The van der Waals surface area contributed by atoms with Crippen molar-refractivity contribution in [2.45, 2.75) is 45.3 Å². The molecule has 0 atom stereocenters. The third-order valence-corrected chi connectivity index (χ3v) is 3.12. The number of rotatable bonds is 5. The summed E-state index contributed by atoms with van der Waals surface area (Å²) in [5, 5.41) is 7.30. The van der Waals surface area contributed by atoms with Gasteiger partial charge in [-0.25, -0.2) is 9.48 Å². The van der Waals surface area contributed by atoms with Crippen molar-refractivity contribution in [1.82, 2.24) is 15.0 Å². The van der Waals surface area contributed by atoms with Crippen molar-refractivity contribution >= 4 is 17.8 Å². The van der Waals surface area contributed by atoms with Crippen LogP contribution >= 0.6 is 0 Å². The lowest BCUT2D eigenvalue weighted by molar-refractivity contribution is -0.149. The topological polar surface area (TPSA) is 109 Å². The fourth-order valence-electron chi connectivity index (χ4n) is 2.13. The van der Waals surface area contributed by atoms with Gasteiger partial charge in [-0.3, -0.25) is 4.79 Å². The Hall–Kier alpha value is -2.12. The summed E-state index contributed by atoms with van der Waals surface area (Å²) in [6.07, 6.45) is 3.93. The molecule has 1 aliphatic carbocycles. The Balaban J connectivity index is 1.95. The van der Waals surface area contributed by atoms with Gasteiger partial charge in [-0.05, 0) is 32.6 Å². The molecule has 1 heterocycles. The van der Waals surface area contributed by atoms with Gasteiger partial charge in [-0.15, -0.1) is 5.10 Å². The second-order valence-electron chi connectivity index (χ2n) is 4.60. The highest BCUT2D eigenvalue weighted by Gasteiger charge is 2.23. The van der Waals surface area contributed by atoms with Crippen LogP contribution in [0, 0.1) is 0 Å². The molecule has 2 N–H and O–H groups in total. The number of carbonyl (C=O) groups excluding carboxylic acids is 2. The van der Waals surface area contributed by atoms with E-state index in [-0.39, 0.29) is 30.8 Å². The van der Waals surface area contributed by atoms with Gasteiger partial charge in [0.2, 0.25) is 5.69 Å². The molecule has 0 saturated heterocycles. The molecule has 0 unspecified atom stereocenters. The third-order valence-electron chi connectivity index (χ3n) is 3.12. The van der Waals surface area contributed by atoms with Crippen molar-refractivity contribution in [2.75, 3.05) is 12.3 Å². The van der Waals surface area contributed by atoms with E-state index in [1.165, 1.54) is 0 Å². The highest BCUT2D eigenvalue weighted by molar-refractivity contribution is 5.92. The van der Waals surface area contributed by atoms with Crippen molar-refractivity contribution in [3.63, 3.8) is 0 Å².